The second-order valence-corrected chi connectivity index (χ2v) is 7.78. The maximum atomic E-state index is 13.2. The predicted molar refractivity (Wildman–Crippen MR) is 91.3 cm³/mol. The molecule has 0 spiro atoms. The molecule has 24 heavy (non-hydrogen) atoms. The Kier molecular flexibility index (Phi) is 4.04. The second kappa shape index (κ2) is 5.90. The van der Waals surface area contributed by atoms with Gasteiger partial charge in [-0.3, -0.25) is 9.10 Å². The Morgan fingerprint density at radius 2 is 2.00 bits per heavy atom. The zero-order valence-corrected chi connectivity index (χ0v) is 14.1. The standard InChI is InChI=1S/C17H17FN2O3S/c1-11-8-13-9-12(6-7-16(13)20(11)24(2,22)23)17(21)19-15-5-3-4-14(18)10-15/h3-7,9-11H,8H2,1-2H3,(H,19,21)/t11-/m1/s1. The van der Waals surface area contributed by atoms with Crippen molar-refractivity contribution in [1.29, 1.82) is 0 Å². The van der Waals surface area contributed by atoms with Crippen molar-refractivity contribution >= 4 is 27.3 Å². The smallest absolute Gasteiger partial charge is 0.255 e. The topological polar surface area (TPSA) is 66.5 Å². The van der Waals surface area contributed by atoms with Crippen molar-refractivity contribution in [3.05, 3.63) is 59.4 Å². The van der Waals surface area contributed by atoms with Crippen LogP contribution in [0.1, 0.15) is 22.8 Å². The number of benzene rings is 2. The number of carbonyl (C=O) groups excluding carboxylic acids is 1. The lowest BCUT2D eigenvalue weighted by molar-refractivity contribution is 0.102. The highest BCUT2D eigenvalue weighted by Crippen LogP contribution is 2.34. The van der Waals surface area contributed by atoms with Gasteiger partial charge in [-0.25, -0.2) is 12.8 Å². The largest absolute Gasteiger partial charge is 0.322 e. The van der Waals surface area contributed by atoms with Crippen LogP contribution in [0.2, 0.25) is 0 Å². The molecule has 126 valence electrons. The number of halogens is 1. The maximum absolute atomic E-state index is 13.2. The Labute approximate surface area is 140 Å². The number of anilines is 2. The van der Waals surface area contributed by atoms with Crippen LogP contribution in [0.3, 0.4) is 0 Å². The molecule has 1 aliphatic rings. The molecule has 0 aromatic heterocycles. The van der Waals surface area contributed by atoms with Crippen molar-refractivity contribution < 1.29 is 17.6 Å². The molecule has 2 aromatic carbocycles. The van der Waals surface area contributed by atoms with Crippen LogP contribution in [0.4, 0.5) is 15.8 Å². The van der Waals surface area contributed by atoms with E-state index in [0.717, 1.165) is 5.56 Å². The average Bonchev–Trinajstić information content (AvgIpc) is 2.81. The monoisotopic (exact) mass is 348 g/mol. The summed E-state index contributed by atoms with van der Waals surface area (Å²) in [5.41, 5.74) is 2.18. The maximum Gasteiger partial charge on any atom is 0.255 e. The zero-order chi connectivity index (χ0) is 17.5. The highest BCUT2D eigenvalue weighted by molar-refractivity contribution is 7.92. The van der Waals surface area contributed by atoms with Gasteiger partial charge in [0, 0.05) is 17.3 Å². The van der Waals surface area contributed by atoms with Crippen LogP contribution in [0, 0.1) is 5.82 Å². The normalized spacial score (nSPS) is 16.8. The molecule has 0 saturated carbocycles. The van der Waals surface area contributed by atoms with Crippen LogP contribution in [0.25, 0.3) is 0 Å². The Morgan fingerprint density at radius 3 is 2.67 bits per heavy atom. The highest BCUT2D eigenvalue weighted by atomic mass is 32.2. The summed E-state index contributed by atoms with van der Waals surface area (Å²) in [6.45, 7) is 1.83. The summed E-state index contributed by atoms with van der Waals surface area (Å²) in [5, 5.41) is 2.63. The first-order chi connectivity index (χ1) is 11.3. The fraction of sp³-hybridized carbons (Fsp3) is 0.235. The fourth-order valence-electron chi connectivity index (χ4n) is 3.02. The van der Waals surface area contributed by atoms with Crippen LogP contribution < -0.4 is 9.62 Å². The summed E-state index contributed by atoms with van der Waals surface area (Å²) in [6.07, 6.45) is 1.71. The molecule has 0 bridgehead atoms. The SMILES string of the molecule is C[C@@H]1Cc2cc(C(=O)Nc3cccc(F)c3)ccc2N1S(C)(=O)=O. The molecule has 0 radical (unpaired) electrons. The molecular weight excluding hydrogens is 331 g/mol. The fourth-order valence-corrected chi connectivity index (χ4v) is 4.28. The number of hydrogen-bond donors (Lipinski definition) is 1. The van der Waals surface area contributed by atoms with Gasteiger partial charge in [-0.05, 0) is 55.3 Å². The van der Waals surface area contributed by atoms with E-state index in [9.17, 15) is 17.6 Å². The zero-order valence-electron chi connectivity index (χ0n) is 13.3. The van der Waals surface area contributed by atoms with E-state index in [1.165, 1.54) is 28.8 Å². The summed E-state index contributed by atoms with van der Waals surface area (Å²) >= 11 is 0. The highest BCUT2D eigenvalue weighted by Gasteiger charge is 2.32. The van der Waals surface area contributed by atoms with Crippen LogP contribution in [-0.4, -0.2) is 26.6 Å². The Morgan fingerprint density at radius 1 is 1.25 bits per heavy atom. The first-order valence-corrected chi connectivity index (χ1v) is 9.30. The van der Waals surface area contributed by atoms with E-state index in [1.54, 1.807) is 24.3 Å². The van der Waals surface area contributed by atoms with Gasteiger partial charge in [-0.15, -0.1) is 0 Å². The molecule has 0 aliphatic carbocycles. The molecule has 0 unspecified atom stereocenters. The lowest BCUT2D eigenvalue weighted by atomic mass is 10.1. The summed E-state index contributed by atoms with van der Waals surface area (Å²) in [6, 6.07) is 10.4. The summed E-state index contributed by atoms with van der Waals surface area (Å²) in [4.78, 5) is 12.3. The van der Waals surface area contributed by atoms with E-state index in [2.05, 4.69) is 5.32 Å². The molecule has 1 amide bonds. The van der Waals surface area contributed by atoms with E-state index in [1.807, 2.05) is 6.92 Å². The van der Waals surface area contributed by atoms with Gasteiger partial charge in [0.2, 0.25) is 10.0 Å². The first kappa shape index (κ1) is 16.4. The van der Waals surface area contributed by atoms with Crippen molar-refractivity contribution in [2.75, 3.05) is 15.9 Å². The molecule has 7 heteroatoms. The van der Waals surface area contributed by atoms with Crippen molar-refractivity contribution in [2.24, 2.45) is 0 Å². The molecular formula is C17H17FN2O3S. The van der Waals surface area contributed by atoms with Gasteiger partial charge in [-0.2, -0.15) is 0 Å². The molecule has 5 nitrogen and oxygen atoms in total. The molecule has 3 rings (SSSR count). The quantitative estimate of drug-likeness (QED) is 0.927. The first-order valence-electron chi connectivity index (χ1n) is 7.45. The van der Waals surface area contributed by atoms with E-state index in [4.69, 9.17) is 0 Å². The third-order valence-electron chi connectivity index (χ3n) is 3.93. The van der Waals surface area contributed by atoms with Gasteiger partial charge < -0.3 is 5.32 Å². The Balaban J connectivity index is 1.87. The molecule has 0 saturated heterocycles. The van der Waals surface area contributed by atoms with Gasteiger partial charge in [0.25, 0.3) is 5.91 Å². The van der Waals surface area contributed by atoms with E-state index in [0.29, 0.717) is 23.4 Å². The lowest BCUT2D eigenvalue weighted by Gasteiger charge is -2.21. The van der Waals surface area contributed by atoms with E-state index >= 15 is 0 Å². The predicted octanol–water partition coefficient (Wildman–Crippen LogP) is 2.79. The number of hydrogen-bond acceptors (Lipinski definition) is 3. The summed E-state index contributed by atoms with van der Waals surface area (Å²) in [5.74, 6) is -0.798. The van der Waals surface area contributed by atoms with Gasteiger partial charge in [0.15, 0.2) is 0 Å². The van der Waals surface area contributed by atoms with E-state index < -0.39 is 15.8 Å². The number of amides is 1. The minimum atomic E-state index is -3.36. The van der Waals surface area contributed by atoms with Gasteiger partial charge in [0.1, 0.15) is 5.82 Å². The molecule has 1 aliphatic heterocycles. The van der Waals surface area contributed by atoms with Gasteiger partial charge >= 0.3 is 0 Å². The van der Waals surface area contributed by atoms with Crippen LogP contribution in [0.15, 0.2) is 42.5 Å². The van der Waals surface area contributed by atoms with Crippen LogP contribution in [-0.2, 0) is 16.4 Å². The molecule has 2 aromatic rings. The molecule has 1 heterocycles. The van der Waals surface area contributed by atoms with Crippen molar-refractivity contribution in [2.45, 2.75) is 19.4 Å². The van der Waals surface area contributed by atoms with Crippen molar-refractivity contribution in [1.82, 2.24) is 0 Å². The van der Waals surface area contributed by atoms with Gasteiger partial charge in [0.05, 0.1) is 11.9 Å². The third-order valence-corrected chi connectivity index (χ3v) is 5.21. The molecule has 1 N–H and O–H groups in total. The third kappa shape index (κ3) is 3.12. The summed E-state index contributed by atoms with van der Waals surface area (Å²) < 4.78 is 38.4. The number of carbonyl (C=O) groups is 1. The lowest BCUT2D eigenvalue weighted by Crippen LogP contribution is -2.34. The summed E-state index contributed by atoms with van der Waals surface area (Å²) in [7, 11) is -3.36. The average molecular weight is 348 g/mol. The number of nitrogens with zero attached hydrogens (tertiary/aromatic N) is 1. The van der Waals surface area contributed by atoms with Gasteiger partial charge in [-0.1, -0.05) is 6.07 Å². The van der Waals surface area contributed by atoms with Crippen LogP contribution >= 0.6 is 0 Å². The minimum Gasteiger partial charge on any atom is -0.322 e. The molecule has 0 fully saturated rings. The second-order valence-electron chi connectivity index (χ2n) is 5.92. The number of sulfonamides is 1. The Hall–Kier alpha value is -2.41. The van der Waals surface area contributed by atoms with Crippen LogP contribution in [0.5, 0.6) is 0 Å². The van der Waals surface area contributed by atoms with Crippen molar-refractivity contribution in [3.63, 3.8) is 0 Å². The van der Waals surface area contributed by atoms with E-state index in [-0.39, 0.29) is 11.9 Å². The minimum absolute atomic E-state index is 0.184. The Bertz CT molecular complexity index is 912. The number of nitrogens with one attached hydrogen (secondary N) is 1. The number of rotatable bonds is 3. The molecule has 1 atom stereocenters. The number of fused-ring (bicyclic) bond motifs is 1. The van der Waals surface area contributed by atoms with Crippen molar-refractivity contribution in [3.8, 4) is 0 Å².